The molecule has 3 aromatic rings. The number of carbonyl (C=O) groups excluding carboxylic acids is 2. The number of aryl methyl sites for hydroxylation is 1. The van der Waals surface area contributed by atoms with Crippen LogP contribution in [0.4, 0.5) is 18.9 Å². The first-order valence-corrected chi connectivity index (χ1v) is 14.1. The Morgan fingerprint density at radius 3 is 2.20 bits per heavy atom. The maximum atomic E-state index is 13.9. The number of carbonyl (C=O) groups is 2. The van der Waals surface area contributed by atoms with E-state index < -0.39 is 56.9 Å². The molecule has 214 valence electrons. The number of nitrogens with zero attached hydrogens (tertiary/aromatic N) is 2. The number of sulfonamides is 1. The molecule has 0 saturated carbocycles. The van der Waals surface area contributed by atoms with Crippen LogP contribution in [0.1, 0.15) is 30.0 Å². The second-order valence-corrected chi connectivity index (χ2v) is 11.2. The highest BCUT2D eigenvalue weighted by atomic mass is 35.5. The number of benzene rings is 3. The van der Waals surface area contributed by atoms with Crippen molar-refractivity contribution in [3.05, 3.63) is 94.5 Å². The van der Waals surface area contributed by atoms with E-state index in [9.17, 15) is 31.2 Å². The van der Waals surface area contributed by atoms with Crippen LogP contribution in [0.3, 0.4) is 0 Å². The van der Waals surface area contributed by atoms with Gasteiger partial charge in [-0.2, -0.15) is 13.2 Å². The molecule has 1 atom stereocenters. The highest BCUT2D eigenvalue weighted by molar-refractivity contribution is 7.92. The summed E-state index contributed by atoms with van der Waals surface area (Å²) in [6.07, 6.45) is -4.66. The van der Waals surface area contributed by atoms with Crippen LogP contribution < -0.4 is 9.62 Å². The van der Waals surface area contributed by atoms with Crippen LogP contribution in [0.15, 0.2) is 77.7 Å². The zero-order chi connectivity index (χ0) is 29.7. The lowest BCUT2D eigenvalue weighted by molar-refractivity contribution is -0.140. The molecule has 2 amide bonds. The molecule has 0 aliphatic heterocycles. The van der Waals surface area contributed by atoms with Crippen molar-refractivity contribution in [2.24, 2.45) is 0 Å². The van der Waals surface area contributed by atoms with Crippen LogP contribution >= 0.6 is 11.6 Å². The number of rotatable bonds is 10. The minimum absolute atomic E-state index is 0.0227. The fraction of sp³-hybridized carbons (Fsp3) is 0.286. The van der Waals surface area contributed by atoms with Gasteiger partial charge in [0, 0.05) is 13.6 Å². The van der Waals surface area contributed by atoms with Crippen molar-refractivity contribution in [1.29, 1.82) is 0 Å². The highest BCUT2D eigenvalue weighted by Crippen LogP contribution is 2.38. The number of likely N-dealkylation sites (N-methyl/N-ethyl adjacent to an activating group) is 1. The summed E-state index contributed by atoms with van der Waals surface area (Å²) >= 11 is 5.78. The van der Waals surface area contributed by atoms with Crippen LogP contribution in [0.2, 0.25) is 5.02 Å². The maximum Gasteiger partial charge on any atom is 0.417 e. The summed E-state index contributed by atoms with van der Waals surface area (Å²) in [6.45, 7) is 2.64. The molecule has 0 unspecified atom stereocenters. The molecular formula is C28H29ClF3N3O4S. The molecule has 1 N–H and O–H groups in total. The number of halogens is 4. The van der Waals surface area contributed by atoms with Crippen molar-refractivity contribution >= 4 is 39.1 Å². The fourth-order valence-electron chi connectivity index (χ4n) is 4.19. The molecule has 40 heavy (non-hydrogen) atoms. The van der Waals surface area contributed by atoms with Gasteiger partial charge >= 0.3 is 6.18 Å². The van der Waals surface area contributed by atoms with Crippen LogP contribution in [-0.2, 0) is 32.3 Å². The second kappa shape index (κ2) is 12.7. The third-order valence-electron chi connectivity index (χ3n) is 6.39. The van der Waals surface area contributed by atoms with Gasteiger partial charge in [0.15, 0.2) is 0 Å². The molecule has 0 fully saturated rings. The zero-order valence-electron chi connectivity index (χ0n) is 22.1. The Morgan fingerprint density at radius 2 is 1.62 bits per heavy atom. The Labute approximate surface area is 236 Å². The van der Waals surface area contributed by atoms with Crippen LogP contribution in [0.25, 0.3) is 0 Å². The molecule has 3 aromatic carbocycles. The molecule has 0 saturated heterocycles. The number of anilines is 1. The molecule has 0 radical (unpaired) electrons. The predicted octanol–water partition coefficient (Wildman–Crippen LogP) is 5.42. The lowest BCUT2D eigenvalue weighted by Crippen LogP contribution is -2.51. The number of hydrogen-bond acceptors (Lipinski definition) is 4. The smallest absolute Gasteiger partial charge is 0.357 e. The van der Waals surface area contributed by atoms with Gasteiger partial charge in [0.2, 0.25) is 11.8 Å². The van der Waals surface area contributed by atoms with Crippen molar-refractivity contribution in [2.75, 3.05) is 17.9 Å². The molecule has 0 spiro atoms. The standard InChI is InChI=1S/C28H29ClF3N3O4S/c1-4-25(27(37)33-3)34(17-20-11-9-8-10-19(20)2)26(36)18-35(40(38,39)22-12-6-5-7-13-22)21-14-15-24(29)23(16-21)28(30,31)32/h5-16,25H,4,17-18H2,1-3H3,(H,33,37)/t25-/m0/s1. The van der Waals surface area contributed by atoms with Gasteiger partial charge in [0.05, 0.1) is 21.2 Å². The largest absolute Gasteiger partial charge is 0.417 e. The SMILES string of the molecule is CC[C@@H](C(=O)NC)N(Cc1ccccc1C)C(=O)CN(c1ccc(Cl)c(C(F)(F)F)c1)S(=O)(=O)c1ccccc1. The van der Waals surface area contributed by atoms with E-state index in [1.54, 1.807) is 25.1 Å². The highest BCUT2D eigenvalue weighted by Gasteiger charge is 2.37. The van der Waals surface area contributed by atoms with Crippen LogP contribution in [0, 0.1) is 6.92 Å². The molecule has 0 aliphatic carbocycles. The Kier molecular flexibility index (Phi) is 9.86. The molecule has 3 rings (SSSR count). The van der Waals surface area contributed by atoms with Crippen molar-refractivity contribution in [3.8, 4) is 0 Å². The number of alkyl halides is 3. The molecule has 12 heteroatoms. The normalized spacial score (nSPS) is 12.5. The Morgan fingerprint density at radius 1 is 1.00 bits per heavy atom. The molecule has 0 heterocycles. The fourth-order valence-corrected chi connectivity index (χ4v) is 5.84. The molecule has 0 aromatic heterocycles. The van der Waals surface area contributed by atoms with E-state index in [2.05, 4.69) is 5.32 Å². The van der Waals surface area contributed by atoms with Crippen LogP contribution in [0.5, 0.6) is 0 Å². The first-order valence-electron chi connectivity index (χ1n) is 12.3. The van der Waals surface area contributed by atoms with Gasteiger partial charge in [-0.05, 0) is 54.8 Å². The summed E-state index contributed by atoms with van der Waals surface area (Å²) in [5.74, 6) is -1.24. The lowest BCUT2D eigenvalue weighted by atomic mass is 10.1. The van der Waals surface area contributed by atoms with Gasteiger partial charge in [-0.25, -0.2) is 8.42 Å². The molecule has 7 nitrogen and oxygen atoms in total. The monoisotopic (exact) mass is 595 g/mol. The Bertz CT molecular complexity index is 1470. The van der Waals surface area contributed by atoms with E-state index in [0.717, 1.165) is 23.3 Å². The van der Waals surface area contributed by atoms with Crippen molar-refractivity contribution in [1.82, 2.24) is 10.2 Å². The summed E-state index contributed by atoms with van der Waals surface area (Å²) in [6, 6.07) is 15.9. The minimum Gasteiger partial charge on any atom is -0.357 e. The lowest BCUT2D eigenvalue weighted by Gasteiger charge is -2.33. The van der Waals surface area contributed by atoms with Gasteiger partial charge in [-0.1, -0.05) is 61.0 Å². The van der Waals surface area contributed by atoms with E-state index in [1.165, 1.54) is 36.2 Å². The van der Waals surface area contributed by atoms with E-state index in [-0.39, 0.29) is 17.9 Å². The topological polar surface area (TPSA) is 86.8 Å². The molecule has 0 aliphatic rings. The second-order valence-electron chi connectivity index (χ2n) is 8.97. The summed E-state index contributed by atoms with van der Waals surface area (Å²) in [5.41, 5.74) is -0.0893. The Balaban J connectivity index is 2.15. The quantitative estimate of drug-likeness (QED) is 0.339. The molecule has 0 bridgehead atoms. The van der Waals surface area contributed by atoms with Crippen molar-refractivity contribution in [2.45, 2.75) is 43.9 Å². The minimum atomic E-state index is -4.87. The van der Waals surface area contributed by atoms with E-state index in [0.29, 0.717) is 10.4 Å². The van der Waals surface area contributed by atoms with E-state index in [1.807, 2.05) is 19.1 Å². The summed E-state index contributed by atoms with van der Waals surface area (Å²) in [7, 11) is -3.11. The van der Waals surface area contributed by atoms with Gasteiger partial charge < -0.3 is 10.2 Å². The first-order chi connectivity index (χ1) is 18.8. The number of nitrogens with one attached hydrogen (secondary N) is 1. The Hall–Kier alpha value is -3.57. The van der Waals surface area contributed by atoms with E-state index in [4.69, 9.17) is 11.6 Å². The number of amides is 2. The third kappa shape index (κ3) is 6.95. The first kappa shape index (κ1) is 31.0. The molecular weight excluding hydrogens is 567 g/mol. The summed E-state index contributed by atoms with van der Waals surface area (Å²) < 4.78 is 69.2. The summed E-state index contributed by atoms with van der Waals surface area (Å²) in [4.78, 5) is 27.7. The van der Waals surface area contributed by atoms with Crippen molar-refractivity contribution < 1.29 is 31.2 Å². The zero-order valence-corrected chi connectivity index (χ0v) is 23.6. The van der Waals surface area contributed by atoms with Gasteiger partial charge in [0.1, 0.15) is 12.6 Å². The predicted molar refractivity (Wildman–Crippen MR) is 147 cm³/mol. The third-order valence-corrected chi connectivity index (χ3v) is 8.51. The van der Waals surface area contributed by atoms with Gasteiger partial charge in [-0.3, -0.25) is 13.9 Å². The maximum absolute atomic E-state index is 13.9. The average Bonchev–Trinajstić information content (AvgIpc) is 2.92. The summed E-state index contributed by atoms with van der Waals surface area (Å²) in [5, 5.41) is 1.90. The van der Waals surface area contributed by atoms with Crippen molar-refractivity contribution in [3.63, 3.8) is 0 Å². The van der Waals surface area contributed by atoms with Crippen LogP contribution in [-0.4, -0.2) is 44.8 Å². The van der Waals surface area contributed by atoms with Gasteiger partial charge in [-0.15, -0.1) is 0 Å². The average molecular weight is 596 g/mol. The van der Waals surface area contributed by atoms with Gasteiger partial charge in [0.25, 0.3) is 10.0 Å². The number of hydrogen-bond donors (Lipinski definition) is 1. The van der Waals surface area contributed by atoms with E-state index >= 15 is 0 Å².